The Bertz CT molecular complexity index is 1750. The van der Waals surface area contributed by atoms with E-state index in [1.165, 1.54) is 4.90 Å². The molecule has 2 aliphatic rings. The van der Waals surface area contributed by atoms with E-state index in [0.717, 1.165) is 22.9 Å². The Labute approximate surface area is 322 Å². The summed E-state index contributed by atoms with van der Waals surface area (Å²) in [5.41, 5.74) is 2.72. The zero-order valence-corrected chi connectivity index (χ0v) is 32.2. The predicted octanol–water partition coefficient (Wildman–Crippen LogP) is 4.67. The van der Waals surface area contributed by atoms with Crippen LogP contribution in [0.1, 0.15) is 83.7 Å². The summed E-state index contributed by atoms with van der Waals surface area (Å²) in [6.07, 6.45) is 2.45. The molecule has 2 heterocycles. The van der Waals surface area contributed by atoms with Crippen LogP contribution in [0.4, 0.5) is 0 Å². The van der Waals surface area contributed by atoms with Gasteiger partial charge in [0.05, 0.1) is 22.9 Å². The number of nitrogens with zero attached hydrogens (tertiary/aromatic N) is 3. The molecule has 5 amide bonds. The molecule has 0 unspecified atom stereocenters. The van der Waals surface area contributed by atoms with Gasteiger partial charge in [-0.05, 0) is 68.0 Å². The Morgan fingerprint density at radius 3 is 2.06 bits per heavy atom. The van der Waals surface area contributed by atoms with Crippen LogP contribution in [0.3, 0.4) is 0 Å². The minimum absolute atomic E-state index is 0.0671. The smallest absolute Gasteiger partial charge is 0.261 e. The molecule has 12 heteroatoms. The number of imide groups is 1. The van der Waals surface area contributed by atoms with Crippen LogP contribution in [0, 0.1) is 0 Å². The summed E-state index contributed by atoms with van der Waals surface area (Å²) in [4.78, 5) is 86.2. The van der Waals surface area contributed by atoms with E-state index in [4.69, 9.17) is 0 Å². The van der Waals surface area contributed by atoms with Gasteiger partial charge >= 0.3 is 0 Å². The van der Waals surface area contributed by atoms with Crippen molar-refractivity contribution in [2.24, 2.45) is 0 Å². The zero-order chi connectivity index (χ0) is 38.6. The fraction of sp³-hybridized carbons (Fsp3) is 0.429. The number of thioether (sulfide) groups is 1. The van der Waals surface area contributed by atoms with Crippen LogP contribution < -0.4 is 10.6 Å². The van der Waals surface area contributed by atoms with Crippen molar-refractivity contribution in [2.75, 3.05) is 39.8 Å². The molecule has 0 spiro atoms. The SMILES string of the molecule is CCN(CC)CC(=O)S[C@@H](CCCCN1C(=O)c2ccccc2C1=O)C(=O)N[C@H]1C[C@@H](c2ccccc2)CCN([C@@H](Cc2ccccc2)C(=O)NC)C1=O. The van der Waals surface area contributed by atoms with Gasteiger partial charge in [-0.3, -0.25) is 38.6 Å². The Balaban J connectivity index is 1.35. The maximum Gasteiger partial charge on any atom is 0.261 e. The highest BCUT2D eigenvalue weighted by molar-refractivity contribution is 8.14. The van der Waals surface area contributed by atoms with Crippen molar-refractivity contribution in [1.82, 2.24) is 25.3 Å². The molecule has 0 bridgehead atoms. The van der Waals surface area contributed by atoms with E-state index in [1.54, 1.807) is 36.2 Å². The van der Waals surface area contributed by atoms with E-state index >= 15 is 0 Å². The molecular formula is C42H51N5O6S. The van der Waals surface area contributed by atoms with Crippen molar-refractivity contribution in [1.29, 1.82) is 0 Å². The van der Waals surface area contributed by atoms with Crippen LogP contribution in [0.25, 0.3) is 0 Å². The number of unbranched alkanes of at least 4 members (excludes halogenated alkanes) is 1. The Morgan fingerprint density at radius 2 is 1.44 bits per heavy atom. The fourth-order valence-electron chi connectivity index (χ4n) is 7.29. The topological polar surface area (TPSA) is 136 Å². The molecular weight excluding hydrogens is 703 g/mol. The van der Waals surface area contributed by atoms with Gasteiger partial charge in [-0.1, -0.05) is 105 Å². The van der Waals surface area contributed by atoms with Gasteiger partial charge in [0.2, 0.25) is 22.8 Å². The van der Waals surface area contributed by atoms with Crippen molar-refractivity contribution in [3.05, 3.63) is 107 Å². The monoisotopic (exact) mass is 753 g/mol. The molecule has 0 saturated carbocycles. The summed E-state index contributed by atoms with van der Waals surface area (Å²) in [5.74, 6) is -1.79. The van der Waals surface area contributed by atoms with Gasteiger partial charge in [-0.25, -0.2) is 0 Å². The number of benzene rings is 3. The molecule has 286 valence electrons. The highest BCUT2D eigenvalue weighted by Crippen LogP contribution is 2.31. The number of hydrogen-bond donors (Lipinski definition) is 2. The predicted molar refractivity (Wildman–Crippen MR) is 210 cm³/mol. The normalized spacial score (nSPS) is 18.3. The third-order valence-electron chi connectivity index (χ3n) is 10.4. The van der Waals surface area contributed by atoms with Crippen molar-refractivity contribution in [3.8, 4) is 0 Å². The van der Waals surface area contributed by atoms with Gasteiger partial charge in [0.1, 0.15) is 12.1 Å². The first kappa shape index (κ1) is 40.4. The number of rotatable bonds is 17. The van der Waals surface area contributed by atoms with Crippen molar-refractivity contribution < 1.29 is 28.8 Å². The summed E-state index contributed by atoms with van der Waals surface area (Å²) < 4.78 is 0. The number of nitrogens with one attached hydrogen (secondary N) is 2. The first-order valence-electron chi connectivity index (χ1n) is 18.9. The second-order valence-electron chi connectivity index (χ2n) is 13.8. The average molecular weight is 754 g/mol. The number of carbonyl (C=O) groups is 6. The van der Waals surface area contributed by atoms with Crippen molar-refractivity contribution in [3.63, 3.8) is 0 Å². The molecule has 3 aromatic rings. The van der Waals surface area contributed by atoms with Gasteiger partial charge in [-0.15, -0.1) is 0 Å². The van der Waals surface area contributed by atoms with Gasteiger partial charge < -0.3 is 15.5 Å². The highest BCUT2D eigenvalue weighted by atomic mass is 32.2. The second-order valence-corrected chi connectivity index (χ2v) is 15.0. The largest absolute Gasteiger partial charge is 0.357 e. The van der Waals surface area contributed by atoms with Crippen molar-refractivity contribution >= 4 is 46.4 Å². The molecule has 0 aliphatic carbocycles. The van der Waals surface area contributed by atoms with Gasteiger partial charge in [0.15, 0.2) is 0 Å². The number of amides is 5. The summed E-state index contributed by atoms with van der Waals surface area (Å²) in [6, 6.07) is 24.4. The maximum absolute atomic E-state index is 14.5. The lowest BCUT2D eigenvalue weighted by atomic mass is 9.90. The molecule has 0 radical (unpaired) electrons. The van der Waals surface area contributed by atoms with E-state index in [0.29, 0.717) is 69.3 Å². The van der Waals surface area contributed by atoms with E-state index < -0.39 is 23.2 Å². The number of likely N-dealkylation sites (N-methyl/N-ethyl adjacent to an activating group) is 2. The molecule has 11 nitrogen and oxygen atoms in total. The summed E-state index contributed by atoms with van der Waals surface area (Å²) in [6.45, 7) is 6.01. The van der Waals surface area contributed by atoms with Gasteiger partial charge in [0, 0.05) is 26.6 Å². The number of fused-ring (bicyclic) bond motifs is 1. The number of likely N-dealkylation sites (tertiary alicyclic amines) is 1. The van der Waals surface area contributed by atoms with E-state index in [9.17, 15) is 28.8 Å². The molecule has 1 saturated heterocycles. The third kappa shape index (κ3) is 10.0. The Morgan fingerprint density at radius 1 is 0.833 bits per heavy atom. The van der Waals surface area contributed by atoms with Gasteiger partial charge in [0.25, 0.3) is 11.8 Å². The Hall–Kier alpha value is -4.81. The second kappa shape index (κ2) is 19.5. The summed E-state index contributed by atoms with van der Waals surface area (Å²) in [7, 11) is 1.56. The van der Waals surface area contributed by atoms with Crippen LogP contribution >= 0.6 is 11.8 Å². The number of carbonyl (C=O) groups excluding carboxylic acids is 6. The van der Waals surface area contributed by atoms with Crippen LogP contribution in [0.15, 0.2) is 84.9 Å². The maximum atomic E-state index is 14.5. The molecule has 54 heavy (non-hydrogen) atoms. The van der Waals surface area contributed by atoms with E-state index in [1.807, 2.05) is 79.4 Å². The standard InChI is InChI=1S/C42H51N5O6S/c1-4-45(5-2)28-37(48)54-36(22-14-15-24-47-40(51)32-20-12-13-21-33(32)41(47)52)39(50)44-34-27-31(30-18-10-7-11-19-30)23-25-46(42(34)53)35(38(49)43-3)26-29-16-8-6-9-17-29/h6-13,16-21,31,34-36H,4-5,14-15,22-28H2,1-3H3,(H,43,49)(H,44,50)/t31-,34-,35-,36-/m0/s1. The lowest BCUT2D eigenvalue weighted by molar-refractivity contribution is -0.142. The van der Waals surface area contributed by atoms with Crippen LogP contribution in [0.5, 0.6) is 0 Å². The Kier molecular flexibility index (Phi) is 14.6. The first-order chi connectivity index (χ1) is 26.1. The van der Waals surface area contributed by atoms with E-state index in [2.05, 4.69) is 10.6 Å². The molecule has 4 atom stereocenters. The minimum atomic E-state index is -0.938. The highest BCUT2D eigenvalue weighted by Gasteiger charge is 2.40. The van der Waals surface area contributed by atoms with Crippen LogP contribution in [-0.4, -0.2) is 106 Å². The molecule has 3 aromatic carbocycles. The number of hydrogen-bond acceptors (Lipinski definition) is 8. The molecule has 5 rings (SSSR count). The molecule has 2 aliphatic heterocycles. The molecule has 2 N–H and O–H groups in total. The minimum Gasteiger partial charge on any atom is -0.357 e. The van der Waals surface area contributed by atoms with Crippen LogP contribution in [-0.2, 0) is 25.6 Å². The van der Waals surface area contributed by atoms with Crippen LogP contribution in [0.2, 0.25) is 0 Å². The summed E-state index contributed by atoms with van der Waals surface area (Å²) in [5, 5.41) is 4.81. The molecule has 0 aromatic heterocycles. The lowest BCUT2D eigenvalue weighted by Gasteiger charge is -2.32. The van der Waals surface area contributed by atoms with Crippen molar-refractivity contribution in [2.45, 2.75) is 75.6 Å². The lowest BCUT2D eigenvalue weighted by Crippen LogP contribution is -2.56. The average Bonchev–Trinajstić information content (AvgIpc) is 3.32. The first-order valence-corrected chi connectivity index (χ1v) is 19.8. The van der Waals surface area contributed by atoms with Gasteiger partial charge in [-0.2, -0.15) is 0 Å². The quantitative estimate of drug-likeness (QED) is 0.150. The third-order valence-corrected chi connectivity index (χ3v) is 11.5. The zero-order valence-electron chi connectivity index (χ0n) is 31.4. The summed E-state index contributed by atoms with van der Waals surface area (Å²) >= 11 is 0.966. The molecule has 1 fully saturated rings. The fourth-order valence-corrected chi connectivity index (χ4v) is 8.32. The van der Waals surface area contributed by atoms with E-state index in [-0.39, 0.29) is 47.8 Å².